The normalized spacial score (nSPS) is 15.9. The molecule has 7 heteroatoms. The molecule has 1 saturated heterocycles. The average Bonchev–Trinajstić information content (AvgIpc) is 2.99. The van der Waals surface area contributed by atoms with Gasteiger partial charge in [0.2, 0.25) is 5.71 Å². The fourth-order valence-corrected chi connectivity index (χ4v) is 3.85. The summed E-state index contributed by atoms with van der Waals surface area (Å²) in [7, 11) is 2.14. The molecule has 1 aliphatic heterocycles. The van der Waals surface area contributed by atoms with E-state index in [1.807, 2.05) is 54.0 Å². The van der Waals surface area contributed by atoms with Crippen molar-refractivity contribution < 1.29 is 4.42 Å². The van der Waals surface area contributed by atoms with E-state index in [4.69, 9.17) is 4.42 Å². The number of rotatable bonds is 2. The van der Waals surface area contributed by atoms with Gasteiger partial charge in [0.15, 0.2) is 0 Å². The minimum absolute atomic E-state index is 0.369. The van der Waals surface area contributed by atoms with Crippen LogP contribution >= 0.6 is 0 Å². The molecule has 0 amide bonds. The second-order valence-corrected chi connectivity index (χ2v) is 7.75. The van der Waals surface area contributed by atoms with Gasteiger partial charge >= 0.3 is 5.63 Å². The zero-order valence-corrected chi connectivity index (χ0v) is 16.6. The number of aromatic nitrogens is 3. The Kier molecular flexibility index (Phi) is 4.32. The van der Waals surface area contributed by atoms with Crippen LogP contribution in [0.1, 0.15) is 12.0 Å². The van der Waals surface area contributed by atoms with Gasteiger partial charge in [-0.05, 0) is 56.8 Å². The fraction of sp³-hybridized carbons (Fsp3) is 0.318. The molecule has 0 aliphatic carbocycles. The first-order valence-corrected chi connectivity index (χ1v) is 9.91. The monoisotopic (exact) mass is 389 g/mol. The van der Waals surface area contributed by atoms with Gasteiger partial charge in [-0.1, -0.05) is 6.07 Å². The Morgan fingerprint density at radius 3 is 2.79 bits per heavy atom. The summed E-state index contributed by atoms with van der Waals surface area (Å²) in [5, 5.41) is 0.795. The van der Waals surface area contributed by atoms with Crippen LogP contribution in [0, 0.1) is 6.92 Å². The average molecular weight is 389 g/mol. The maximum atomic E-state index is 12.7. The molecule has 5 rings (SSSR count). The summed E-state index contributed by atoms with van der Waals surface area (Å²) in [5.41, 5.74) is 2.93. The molecule has 0 N–H and O–H groups in total. The number of nitrogens with zero attached hydrogens (tertiary/aromatic N) is 5. The van der Waals surface area contributed by atoms with E-state index in [-0.39, 0.29) is 0 Å². The predicted octanol–water partition coefficient (Wildman–Crippen LogP) is 2.95. The lowest BCUT2D eigenvalue weighted by Gasteiger charge is -2.21. The maximum absolute atomic E-state index is 12.7. The van der Waals surface area contributed by atoms with Crippen molar-refractivity contribution in [3.05, 3.63) is 58.7 Å². The molecular weight excluding hydrogens is 366 g/mol. The highest BCUT2D eigenvalue weighted by Gasteiger charge is 2.16. The van der Waals surface area contributed by atoms with Crippen LogP contribution in [0.25, 0.3) is 28.0 Å². The minimum atomic E-state index is -0.419. The third-order valence-electron chi connectivity index (χ3n) is 5.50. The molecule has 1 fully saturated rings. The number of pyridine rings is 2. The van der Waals surface area contributed by atoms with Crippen molar-refractivity contribution in [1.29, 1.82) is 0 Å². The maximum Gasteiger partial charge on any atom is 0.347 e. The van der Waals surface area contributed by atoms with Crippen molar-refractivity contribution in [1.82, 2.24) is 19.3 Å². The van der Waals surface area contributed by atoms with Crippen molar-refractivity contribution >= 4 is 22.6 Å². The van der Waals surface area contributed by atoms with Crippen molar-refractivity contribution in [2.75, 3.05) is 38.1 Å². The molecule has 0 atom stereocenters. The zero-order valence-electron chi connectivity index (χ0n) is 16.6. The summed E-state index contributed by atoms with van der Waals surface area (Å²) in [6.45, 7) is 5.97. The Hall–Kier alpha value is -3.19. The summed E-state index contributed by atoms with van der Waals surface area (Å²) in [6, 6.07) is 9.74. The molecule has 5 heterocycles. The molecule has 29 heavy (non-hydrogen) atoms. The number of hydrogen-bond acceptors (Lipinski definition) is 6. The summed E-state index contributed by atoms with van der Waals surface area (Å²) in [6.07, 6.45) is 4.93. The van der Waals surface area contributed by atoms with Gasteiger partial charge in [-0.15, -0.1) is 0 Å². The number of likely N-dealkylation sites (N-methyl/N-ethyl adjacent to an activating group) is 1. The third kappa shape index (κ3) is 3.38. The van der Waals surface area contributed by atoms with Crippen LogP contribution in [0.5, 0.6) is 0 Å². The van der Waals surface area contributed by atoms with Crippen LogP contribution < -0.4 is 10.5 Å². The van der Waals surface area contributed by atoms with Crippen LogP contribution in [0.2, 0.25) is 0 Å². The quantitative estimate of drug-likeness (QED) is 0.525. The molecular formula is C22H23N5O2. The van der Waals surface area contributed by atoms with Crippen LogP contribution in [0.15, 0.2) is 51.9 Å². The molecule has 4 aromatic heterocycles. The first-order valence-electron chi connectivity index (χ1n) is 9.91. The van der Waals surface area contributed by atoms with Gasteiger partial charge in [-0.2, -0.15) is 4.98 Å². The number of fused-ring (bicyclic) bond motifs is 2. The highest BCUT2D eigenvalue weighted by molar-refractivity contribution is 5.80. The van der Waals surface area contributed by atoms with E-state index in [2.05, 4.69) is 26.8 Å². The van der Waals surface area contributed by atoms with Gasteiger partial charge in [0.25, 0.3) is 0 Å². The summed E-state index contributed by atoms with van der Waals surface area (Å²) < 4.78 is 7.52. The highest BCUT2D eigenvalue weighted by atomic mass is 16.4. The van der Waals surface area contributed by atoms with Gasteiger partial charge < -0.3 is 18.6 Å². The number of anilines is 1. The topological polar surface area (TPSA) is 66.9 Å². The highest BCUT2D eigenvalue weighted by Crippen LogP contribution is 2.23. The van der Waals surface area contributed by atoms with Crippen molar-refractivity contribution in [2.45, 2.75) is 13.3 Å². The van der Waals surface area contributed by atoms with Gasteiger partial charge in [0.1, 0.15) is 11.5 Å². The molecule has 7 nitrogen and oxygen atoms in total. The van der Waals surface area contributed by atoms with E-state index in [0.29, 0.717) is 17.0 Å². The summed E-state index contributed by atoms with van der Waals surface area (Å²) >= 11 is 0. The lowest BCUT2D eigenvalue weighted by Crippen LogP contribution is -2.29. The van der Waals surface area contributed by atoms with E-state index in [0.717, 1.165) is 55.0 Å². The molecule has 0 spiro atoms. The minimum Gasteiger partial charge on any atom is -0.403 e. The molecule has 0 saturated carbocycles. The number of hydrogen-bond donors (Lipinski definition) is 0. The Morgan fingerprint density at radius 1 is 1.00 bits per heavy atom. The summed E-state index contributed by atoms with van der Waals surface area (Å²) in [4.78, 5) is 26.5. The largest absolute Gasteiger partial charge is 0.403 e. The van der Waals surface area contributed by atoms with Crippen LogP contribution in [0.3, 0.4) is 0 Å². The Labute approximate surface area is 168 Å². The van der Waals surface area contributed by atoms with E-state index >= 15 is 0 Å². The fourth-order valence-electron chi connectivity index (χ4n) is 3.85. The van der Waals surface area contributed by atoms with Gasteiger partial charge in [-0.25, -0.2) is 9.78 Å². The van der Waals surface area contributed by atoms with Gasteiger partial charge in [-0.3, -0.25) is 0 Å². The first-order chi connectivity index (χ1) is 14.1. The Balaban J connectivity index is 1.53. The van der Waals surface area contributed by atoms with Crippen molar-refractivity contribution in [3.63, 3.8) is 0 Å². The van der Waals surface area contributed by atoms with E-state index in [1.165, 1.54) is 0 Å². The van der Waals surface area contributed by atoms with E-state index < -0.39 is 5.63 Å². The molecule has 4 aromatic rings. The Bertz CT molecular complexity index is 1260. The lowest BCUT2D eigenvalue weighted by atomic mass is 10.2. The predicted molar refractivity (Wildman–Crippen MR) is 114 cm³/mol. The smallest absolute Gasteiger partial charge is 0.347 e. The lowest BCUT2D eigenvalue weighted by molar-refractivity contribution is 0.360. The van der Waals surface area contributed by atoms with Gasteiger partial charge in [0, 0.05) is 37.4 Å². The van der Waals surface area contributed by atoms with Gasteiger partial charge in [0.05, 0.1) is 11.3 Å². The van der Waals surface area contributed by atoms with E-state index in [1.54, 1.807) is 0 Å². The first kappa shape index (κ1) is 17.9. The van der Waals surface area contributed by atoms with Crippen LogP contribution in [0.4, 0.5) is 5.82 Å². The van der Waals surface area contributed by atoms with Crippen LogP contribution in [-0.2, 0) is 0 Å². The molecule has 148 valence electrons. The number of aryl methyl sites for hydroxylation is 1. The molecule has 0 bridgehead atoms. The number of imidazole rings is 1. The SMILES string of the molecule is Cc1ccc2nc(-c3cc4ccc(N5CCCN(C)CC5)nc4oc3=O)cn2c1. The second-order valence-electron chi connectivity index (χ2n) is 7.75. The zero-order chi connectivity index (χ0) is 20.0. The van der Waals surface area contributed by atoms with Crippen molar-refractivity contribution in [2.24, 2.45) is 0 Å². The third-order valence-corrected chi connectivity index (χ3v) is 5.50. The Morgan fingerprint density at radius 2 is 1.90 bits per heavy atom. The van der Waals surface area contributed by atoms with E-state index in [9.17, 15) is 4.79 Å². The summed E-state index contributed by atoms with van der Waals surface area (Å²) in [5.74, 6) is 0.854. The molecule has 0 unspecified atom stereocenters. The molecule has 1 aliphatic rings. The van der Waals surface area contributed by atoms with Crippen molar-refractivity contribution in [3.8, 4) is 11.3 Å². The second kappa shape index (κ2) is 7.00. The molecule has 0 aromatic carbocycles. The molecule has 0 radical (unpaired) electrons. The standard InChI is InChI=1S/C22H23N5O2/c1-15-4-6-19-23-18(14-27(19)13-15)17-12-16-5-7-20(24-21(16)29-22(17)28)26-9-3-8-25(2)10-11-26/h4-7,12-14H,3,8-11H2,1-2H3. The van der Waals surface area contributed by atoms with Crippen LogP contribution in [-0.4, -0.2) is 52.5 Å².